The highest BCUT2D eigenvalue weighted by atomic mass is 15.1. The fourth-order valence-electron chi connectivity index (χ4n) is 2.80. The zero-order chi connectivity index (χ0) is 14.8. The first-order valence-corrected chi connectivity index (χ1v) is 7.28. The summed E-state index contributed by atoms with van der Waals surface area (Å²) in [6.07, 6.45) is 4.44. The summed E-state index contributed by atoms with van der Waals surface area (Å²) in [5.74, 6) is 1.06. The van der Waals surface area contributed by atoms with E-state index in [4.69, 9.17) is 10.7 Å². The van der Waals surface area contributed by atoms with Gasteiger partial charge in [-0.05, 0) is 31.0 Å². The number of hydrogen-bond donors (Lipinski definition) is 1. The summed E-state index contributed by atoms with van der Waals surface area (Å²) in [6, 6.07) is 10.7. The first-order chi connectivity index (χ1) is 10.2. The topological polar surface area (TPSA) is 56.7 Å². The van der Waals surface area contributed by atoms with Gasteiger partial charge in [-0.3, -0.25) is 4.98 Å². The molecule has 0 aliphatic rings. The molecule has 3 aromatic rings. The van der Waals surface area contributed by atoms with Crippen LogP contribution < -0.4 is 5.73 Å². The van der Waals surface area contributed by atoms with Gasteiger partial charge in [-0.25, -0.2) is 4.98 Å². The molecule has 0 saturated heterocycles. The highest BCUT2D eigenvalue weighted by Gasteiger charge is 2.14. The van der Waals surface area contributed by atoms with Crippen LogP contribution in [0.4, 0.5) is 0 Å². The largest absolute Gasteiger partial charge is 0.326 e. The number of rotatable bonds is 4. The van der Waals surface area contributed by atoms with E-state index in [1.165, 1.54) is 11.1 Å². The van der Waals surface area contributed by atoms with Gasteiger partial charge in [0, 0.05) is 25.2 Å². The second-order valence-electron chi connectivity index (χ2n) is 5.51. The third-order valence-electron chi connectivity index (χ3n) is 3.77. The lowest BCUT2D eigenvalue weighted by atomic mass is 10.0. The average molecular weight is 280 g/mol. The smallest absolute Gasteiger partial charge is 0.114 e. The van der Waals surface area contributed by atoms with Gasteiger partial charge in [-0.1, -0.05) is 24.3 Å². The van der Waals surface area contributed by atoms with Crippen molar-refractivity contribution in [1.82, 2.24) is 14.5 Å². The molecule has 0 spiro atoms. The van der Waals surface area contributed by atoms with Gasteiger partial charge in [0.05, 0.1) is 11.7 Å². The van der Waals surface area contributed by atoms with Crippen LogP contribution in [0.2, 0.25) is 0 Å². The van der Waals surface area contributed by atoms with Crippen LogP contribution in [0.25, 0.3) is 11.0 Å². The van der Waals surface area contributed by atoms with E-state index in [0.29, 0.717) is 12.6 Å². The molecule has 21 heavy (non-hydrogen) atoms. The van der Waals surface area contributed by atoms with Crippen molar-refractivity contribution >= 4 is 11.0 Å². The van der Waals surface area contributed by atoms with E-state index in [-0.39, 0.29) is 0 Å². The summed E-state index contributed by atoms with van der Waals surface area (Å²) < 4.78 is 2.28. The molecule has 2 heterocycles. The van der Waals surface area contributed by atoms with Gasteiger partial charge < -0.3 is 10.3 Å². The summed E-state index contributed by atoms with van der Waals surface area (Å²) >= 11 is 0. The fourth-order valence-corrected chi connectivity index (χ4v) is 2.80. The molecule has 3 rings (SSSR count). The van der Waals surface area contributed by atoms with Gasteiger partial charge in [0.15, 0.2) is 0 Å². The van der Waals surface area contributed by atoms with Crippen molar-refractivity contribution in [3.63, 3.8) is 0 Å². The summed E-state index contributed by atoms with van der Waals surface area (Å²) in [5.41, 5.74) is 10.3. The average Bonchev–Trinajstić information content (AvgIpc) is 2.85. The summed E-state index contributed by atoms with van der Waals surface area (Å²) in [7, 11) is 0. The molecule has 0 saturated carbocycles. The third kappa shape index (κ3) is 2.54. The van der Waals surface area contributed by atoms with Gasteiger partial charge >= 0.3 is 0 Å². The van der Waals surface area contributed by atoms with Crippen molar-refractivity contribution in [2.45, 2.75) is 32.9 Å². The van der Waals surface area contributed by atoms with Crippen LogP contribution in [0.15, 0.2) is 42.7 Å². The Morgan fingerprint density at radius 2 is 1.90 bits per heavy atom. The van der Waals surface area contributed by atoms with E-state index in [0.717, 1.165) is 23.3 Å². The highest BCUT2D eigenvalue weighted by molar-refractivity contribution is 5.75. The Bertz CT molecular complexity index is 758. The standard InChI is InChI=1S/C17H20N4/c1-12(2)21-16-7-8-19-11-15(16)20-17(21)9-13-5-3-4-6-14(13)10-18/h3-8,11-12H,9-10,18H2,1-2H3. The van der Waals surface area contributed by atoms with E-state index in [2.05, 4.69) is 41.6 Å². The lowest BCUT2D eigenvalue weighted by Gasteiger charge is -2.14. The van der Waals surface area contributed by atoms with Gasteiger partial charge in [-0.2, -0.15) is 0 Å². The van der Waals surface area contributed by atoms with Gasteiger partial charge in [0.1, 0.15) is 11.3 Å². The molecular weight excluding hydrogens is 260 g/mol. The molecule has 0 amide bonds. The van der Waals surface area contributed by atoms with E-state index in [9.17, 15) is 0 Å². The van der Waals surface area contributed by atoms with Crippen molar-refractivity contribution < 1.29 is 0 Å². The van der Waals surface area contributed by atoms with Crippen LogP contribution in [0, 0.1) is 0 Å². The monoisotopic (exact) mass is 280 g/mol. The molecule has 0 radical (unpaired) electrons. The van der Waals surface area contributed by atoms with E-state index < -0.39 is 0 Å². The molecule has 0 atom stereocenters. The molecule has 2 aromatic heterocycles. The molecule has 1 aromatic carbocycles. The Morgan fingerprint density at radius 3 is 2.62 bits per heavy atom. The summed E-state index contributed by atoms with van der Waals surface area (Å²) in [6.45, 7) is 4.92. The van der Waals surface area contributed by atoms with Crippen LogP contribution in [-0.2, 0) is 13.0 Å². The Hall–Kier alpha value is -2.20. The highest BCUT2D eigenvalue weighted by Crippen LogP contribution is 2.23. The van der Waals surface area contributed by atoms with Gasteiger partial charge in [0.25, 0.3) is 0 Å². The zero-order valence-electron chi connectivity index (χ0n) is 12.5. The van der Waals surface area contributed by atoms with E-state index in [1.54, 1.807) is 0 Å². The minimum atomic E-state index is 0.359. The number of pyridine rings is 1. The van der Waals surface area contributed by atoms with E-state index >= 15 is 0 Å². The second-order valence-corrected chi connectivity index (χ2v) is 5.51. The number of imidazole rings is 1. The second kappa shape index (κ2) is 5.66. The maximum Gasteiger partial charge on any atom is 0.114 e. The predicted octanol–water partition coefficient (Wildman–Crippen LogP) is 3.06. The van der Waals surface area contributed by atoms with E-state index in [1.807, 2.05) is 24.5 Å². The maximum absolute atomic E-state index is 5.84. The Kier molecular flexibility index (Phi) is 3.71. The van der Waals surface area contributed by atoms with Crippen molar-refractivity contribution in [2.24, 2.45) is 5.73 Å². The van der Waals surface area contributed by atoms with Crippen LogP contribution in [0.1, 0.15) is 36.8 Å². The minimum absolute atomic E-state index is 0.359. The fraction of sp³-hybridized carbons (Fsp3) is 0.294. The van der Waals surface area contributed by atoms with Crippen LogP contribution in [-0.4, -0.2) is 14.5 Å². The Morgan fingerprint density at radius 1 is 1.14 bits per heavy atom. The molecule has 0 aliphatic carbocycles. The molecule has 4 nitrogen and oxygen atoms in total. The molecule has 4 heteroatoms. The number of benzene rings is 1. The van der Waals surface area contributed by atoms with Crippen molar-refractivity contribution in [2.75, 3.05) is 0 Å². The number of fused-ring (bicyclic) bond motifs is 1. The quantitative estimate of drug-likeness (QED) is 0.799. The maximum atomic E-state index is 5.84. The lowest BCUT2D eigenvalue weighted by molar-refractivity contribution is 0.591. The molecule has 0 bridgehead atoms. The first-order valence-electron chi connectivity index (χ1n) is 7.28. The number of nitrogens with zero attached hydrogens (tertiary/aromatic N) is 3. The SMILES string of the molecule is CC(C)n1c(Cc2ccccc2CN)nc2cnccc21. The molecule has 0 unspecified atom stereocenters. The third-order valence-corrected chi connectivity index (χ3v) is 3.77. The molecule has 0 aliphatic heterocycles. The number of hydrogen-bond acceptors (Lipinski definition) is 3. The van der Waals surface area contributed by atoms with Crippen molar-refractivity contribution in [3.8, 4) is 0 Å². The summed E-state index contributed by atoms with van der Waals surface area (Å²) in [4.78, 5) is 8.94. The predicted molar refractivity (Wildman–Crippen MR) is 85.1 cm³/mol. The Labute approximate surface area is 124 Å². The normalized spacial score (nSPS) is 11.4. The van der Waals surface area contributed by atoms with Gasteiger partial charge in [0.2, 0.25) is 0 Å². The summed E-state index contributed by atoms with van der Waals surface area (Å²) in [5, 5.41) is 0. The molecular formula is C17H20N4. The molecule has 0 fully saturated rings. The first kappa shape index (κ1) is 13.8. The van der Waals surface area contributed by atoms with Crippen molar-refractivity contribution in [1.29, 1.82) is 0 Å². The van der Waals surface area contributed by atoms with Crippen molar-refractivity contribution in [3.05, 3.63) is 59.7 Å². The van der Waals surface area contributed by atoms with Crippen LogP contribution in [0.5, 0.6) is 0 Å². The molecule has 108 valence electrons. The lowest BCUT2D eigenvalue weighted by Crippen LogP contribution is -2.09. The minimum Gasteiger partial charge on any atom is -0.326 e. The number of nitrogens with two attached hydrogens (primary N) is 1. The Balaban J connectivity index is 2.10. The van der Waals surface area contributed by atoms with Gasteiger partial charge in [-0.15, -0.1) is 0 Å². The molecule has 2 N–H and O–H groups in total. The van der Waals surface area contributed by atoms with Crippen LogP contribution in [0.3, 0.4) is 0 Å². The van der Waals surface area contributed by atoms with Crippen LogP contribution >= 0.6 is 0 Å². The number of aromatic nitrogens is 3. The zero-order valence-corrected chi connectivity index (χ0v) is 12.5.